The molecule has 1 heterocycles. The largest absolute Gasteiger partial charge is 0.356 e. The van der Waals surface area contributed by atoms with E-state index in [1.807, 2.05) is 6.07 Å². The van der Waals surface area contributed by atoms with E-state index in [1.165, 1.54) is 0 Å². The first-order valence-corrected chi connectivity index (χ1v) is 7.08. The molecule has 108 valence electrons. The fraction of sp³-hybridized carbons (Fsp3) is 0.733. The number of hydrogen-bond donors (Lipinski definition) is 0. The molecule has 4 heteroatoms. The lowest BCUT2D eigenvalue weighted by Crippen LogP contribution is -2.40. The monoisotopic (exact) mass is 283 g/mol. The van der Waals surface area contributed by atoms with Gasteiger partial charge in [0.1, 0.15) is 16.8 Å². The first-order chi connectivity index (χ1) is 8.43. The fourth-order valence-electron chi connectivity index (χ4n) is 1.70. The zero-order valence-electron chi connectivity index (χ0n) is 13.4. The van der Waals surface area contributed by atoms with Gasteiger partial charge in [0.25, 0.3) is 0 Å². The van der Waals surface area contributed by atoms with Gasteiger partial charge in [-0.15, -0.1) is 0 Å². The summed E-state index contributed by atoms with van der Waals surface area (Å²) in [5.74, 6) is 1.66. The Balaban J connectivity index is 3.18. The molecule has 0 aliphatic rings. The SMILES string of the molecule is CC(N(C)c1cc(Cl)nc(C(C)(C)C)n1)C(C)(C)C. The molecule has 1 rings (SSSR count). The van der Waals surface area contributed by atoms with E-state index in [2.05, 4.69) is 70.4 Å². The number of rotatable bonds is 2. The molecule has 0 saturated carbocycles. The van der Waals surface area contributed by atoms with E-state index in [0.29, 0.717) is 11.2 Å². The highest BCUT2D eigenvalue weighted by Crippen LogP contribution is 2.29. The Hall–Kier alpha value is -0.830. The van der Waals surface area contributed by atoms with Crippen molar-refractivity contribution in [1.82, 2.24) is 9.97 Å². The average Bonchev–Trinajstić information content (AvgIpc) is 2.23. The Morgan fingerprint density at radius 1 is 1.11 bits per heavy atom. The third-order valence-corrected chi connectivity index (χ3v) is 3.74. The van der Waals surface area contributed by atoms with Gasteiger partial charge in [-0.1, -0.05) is 53.1 Å². The molecule has 0 spiro atoms. The van der Waals surface area contributed by atoms with Crippen LogP contribution in [0.25, 0.3) is 0 Å². The molecular formula is C15H26ClN3. The minimum atomic E-state index is -0.106. The van der Waals surface area contributed by atoms with Crippen LogP contribution < -0.4 is 4.90 Å². The Morgan fingerprint density at radius 2 is 1.63 bits per heavy atom. The summed E-state index contributed by atoms with van der Waals surface area (Å²) in [6.45, 7) is 15.2. The summed E-state index contributed by atoms with van der Waals surface area (Å²) in [4.78, 5) is 11.2. The maximum Gasteiger partial charge on any atom is 0.137 e. The highest BCUT2D eigenvalue weighted by molar-refractivity contribution is 6.29. The molecule has 0 aliphatic carbocycles. The van der Waals surface area contributed by atoms with Crippen LogP contribution in [0.1, 0.15) is 54.3 Å². The summed E-state index contributed by atoms with van der Waals surface area (Å²) in [7, 11) is 2.06. The molecule has 0 N–H and O–H groups in total. The van der Waals surface area contributed by atoms with Crippen LogP contribution in [0.5, 0.6) is 0 Å². The lowest BCUT2D eigenvalue weighted by Gasteiger charge is -2.36. The van der Waals surface area contributed by atoms with E-state index in [9.17, 15) is 0 Å². The Kier molecular flexibility index (Phi) is 4.51. The average molecular weight is 284 g/mol. The van der Waals surface area contributed by atoms with E-state index < -0.39 is 0 Å². The third kappa shape index (κ3) is 4.07. The normalized spacial score (nSPS) is 14.4. The van der Waals surface area contributed by atoms with Gasteiger partial charge in [-0.3, -0.25) is 0 Å². The Morgan fingerprint density at radius 3 is 2.05 bits per heavy atom. The van der Waals surface area contributed by atoms with Gasteiger partial charge in [0.05, 0.1) is 0 Å². The van der Waals surface area contributed by atoms with E-state index in [4.69, 9.17) is 11.6 Å². The molecule has 0 bridgehead atoms. The van der Waals surface area contributed by atoms with Crippen molar-refractivity contribution in [3.8, 4) is 0 Å². The van der Waals surface area contributed by atoms with E-state index in [1.54, 1.807) is 0 Å². The fourth-order valence-corrected chi connectivity index (χ4v) is 1.88. The van der Waals surface area contributed by atoms with Gasteiger partial charge >= 0.3 is 0 Å². The Bertz CT molecular complexity index is 444. The topological polar surface area (TPSA) is 29.0 Å². The molecule has 1 aromatic rings. The van der Waals surface area contributed by atoms with Crippen molar-refractivity contribution in [2.45, 2.75) is 59.9 Å². The van der Waals surface area contributed by atoms with Crippen LogP contribution in [-0.4, -0.2) is 23.1 Å². The van der Waals surface area contributed by atoms with Crippen molar-refractivity contribution in [1.29, 1.82) is 0 Å². The predicted molar refractivity (Wildman–Crippen MR) is 83.1 cm³/mol. The van der Waals surface area contributed by atoms with Gasteiger partial charge in [-0.05, 0) is 12.3 Å². The van der Waals surface area contributed by atoms with Crippen molar-refractivity contribution in [3.63, 3.8) is 0 Å². The van der Waals surface area contributed by atoms with Crippen LogP contribution >= 0.6 is 11.6 Å². The third-order valence-electron chi connectivity index (χ3n) is 3.55. The number of halogens is 1. The summed E-state index contributed by atoms with van der Waals surface area (Å²) in [5, 5.41) is 0.503. The van der Waals surface area contributed by atoms with Crippen molar-refractivity contribution >= 4 is 17.4 Å². The van der Waals surface area contributed by atoms with Crippen LogP contribution in [0.15, 0.2) is 6.07 Å². The summed E-state index contributed by atoms with van der Waals surface area (Å²) >= 11 is 6.14. The molecule has 0 saturated heterocycles. The maximum absolute atomic E-state index is 6.14. The lowest BCUT2D eigenvalue weighted by atomic mass is 9.87. The van der Waals surface area contributed by atoms with Crippen LogP contribution in [0, 0.1) is 5.41 Å². The van der Waals surface area contributed by atoms with Gasteiger partial charge in [0.15, 0.2) is 0 Å². The number of hydrogen-bond acceptors (Lipinski definition) is 3. The minimum Gasteiger partial charge on any atom is -0.356 e. The molecule has 0 radical (unpaired) electrons. The first kappa shape index (κ1) is 16.2. The van der Waals surface area contributed by atoms with Crippen LogP contribution in [0.3, 0.4) is 0 Å². The highest BCUT2D eigenvalue weighted by atomic mass is 35.5. The van der Waals surface area contributed by atoms with Gasteiger partial charge < -0.3 is 4.90 Å². The molecule has 0 aromatic carbocycles. The highest BCUT2D eigenvalue weighted by Gasteiger charge is 2.26. The quantitative estimate of drug-likeness (QED) is 0.758. The van der Waals surface area contributed by atoms with Crippen LogP contribution in [0.4, 0.5) is 5.82 Å². The van der Waals surface area contributed by atoms with Crippen LogP contribution in [-0.2, 0) is 5.41 Å². The Labute approximate surface area is 122 Å². The zero-order chi connectivity index (χ0) is 15.0. The molecule has 0 aliphatic heterocycles. The molecule has 1 atom stereocenters. The van der Waals surface area contributed by atoms with Gasteiger partial charge in [0, 0.05) is 24.6 Å². The summed E-state index contributed by atoms with van der Waals surface area (Å²) in [6, 6.07) is 2.19. The molecular weight excluding hydrogens is 258 g/mol. The summed E-state index contributed by atoms with van der Waals surface area (Å²) in [6.07, 6.45) is 0. The number of aromatic nitrogens is 2. The lowest BCUT2D eigenvalue weighted by molar-refractivity contribution is 0.328. The van der Waals surface area contributed by atoms with E-state index in [0.717, 1.165) is 11.6 Å². The van der Waals surface area contributed by atoms with Gasteiger partial charge in [-0.25, -0.2) is 9.97 Å². The van der Waals surface area contributed by atoms with Crippen molar-refractivity contribution in [2.75, 3.05) is 11.9 Å². The number of nitrogens with zero attached hydrogens (tertiary/aromatic N) is 3. The molecule has 1 unspecified atom stereocenters. The van der Waals surface area contributed by atoms with E-state index >= 15 is 0 Å². The van der Waals surface area contributed by atoms with Crippen molar-refractivity contribution < 1.29 is 0 Å². The zero-order valence-corrected chi connectivity index (χ0v) is 14.1. The van der Waals surface area contributed by atoms with Crippen LogP contribution in [0.2, 0.25) is 5.15 Å². The molecule has 1 aromatic heterocycles. The summed E-state index contributed by atoms with van der Waals surface area (Å²) < 4.78 is 0. The second-order valence-electron chi connectivity index (χ2n) is 7.28. The minimum absolute atomic E-state index is 0.106. The standard InChI is InChI=1S/C15H26ClN3/c1-10(14(2,3)4)19(8)12-9-11(16)17-13(18-12)15(5,6)7/h9-10H,1-8H3. The van der Waals surface area contributed by atoms with Crippen molar-refractivity contribution in [3.05, 3.63) is 17.0 Å². The van der Waals surface area contributed by atoms with Gasteiger partial charge in [0.2, 0.25) is 0 Å². The van der Waals surface area contributed by atoms with E-state index in [-0.39, 0.29) is 10.8 Å². The number of anilines is 1. The second kappa shape index (κ2) is 5.28. The molecule has 0 fully saturated rings. The summed E-state index contributed by atoms with van der Waals surface area (Å²) in [5.41, 5.74) is 0.0690. The smallest absolute Gasteiger partial charge is 0.137 e. The predicted octanol–water partition coefficient (Wildman–Crippen LogP) is 4.30. The first-order valence-electron chi connectivity index (χ1n) is 6.71. The maximum atomic E-state index is 6.14. The molecule has 19 heavy (non-hydrogen) atoms. The van der Waals surface area contributed by atoms with Gasteiger partial charge in [-0.2, -0.15) is 0 Å². The molecule has 0 amide bonds. The second-order valence-corrected chi connectivity index (χ2v) is 7.66. The van der Waals surface area contributed by atoms with Crippen molar-refractivity contribution in [2.24, 2.45) is 5.41 Å². The molecule has 3 nitrogen and oxygen atoms in total.